The van der Waals surface area contributed by atoms with Gasteiger partial charge in [0.15, 0.2) is 0 Å². The van der Waals surface area contributed by atoms with Gasteiger partial charge in [0, 0.05) is 24.3 Å². The molecule has 0 atom stereocenters. The molecule has 7 heteroatoms. The van der Waals surface area contributed by atoms with Gasteiger partial charge in [0.25, 0.3) is 0 Å². The van der Waals surface area contributed by atoms with Gasteiger partial charge < -0.3 is 4.42 Å². The molecule has 0 aliphatic carbocycles. The Morgan fingerprint density at radius 3 is 2.56 bits per heavy atom. The molecule has 3 aromatic rings. The van der Waals surface area contributed by atoms with Crippen LogP contribution in [0.4, 0.5) is 13.2 Å². The van der Waals surface area contributed by atoms with Crippen LogP contribution < -0.4 is 0 Å². The summed E-state index contributed by atoms with van der Waals surface area (Å²) in [6.07, 6.45) is -2.79. The summed E-state index contributed by atoms with van der Waals surface area (Å²) in [6, 6.07) is 9.36. The SMILES string of the molecule is Cc1nnc(-c2cccc(-c3cc(C(F)(F)F)cc4c3C=NC4)c2)o1. The Balaban J connectivity index is 1.87. The van der Waals surface area contributed by atoms with E-state index >= 15 is 0 Å². The maximum Gasteiger partial charge on any atom is 0.416 e. The molecule has 1 aliphatic heterocycles. The summed E-state index contributed by atoms with van der Waals surface area (Å²) in [6.45, 7) is 1.94. The number of halogens is 3. The first-order valence-corrected chi connectivity index (χ1v) is 7.57. The topological polar surface area (TPSA) is 51.3 Å². The number of rotatable bonds is 2. The van der Waals surface area contributed by atoms with Crippen molar-refractivity contribution in [3.8, 4) is 22.6 Å². The quantitative estimate of drug-likeness (QED) is 0.680. The van der Waals surface area contributed by atoms with Crippen LogP contribution in [0.1, 0.15) is 22.6 Å². The minimum Gasteiger partial charge on any atom is -0.421 e. The molecule has 1 aliphatic rings. The molecule has 25 heavy (non-hydrogen) atoms. The lowest BCUT2D eigenvalue weighted by molar-refractivity contribution is -0.137. The second-order valence-corrected chi connectivity index (χ2v) is 5.77. The summed E-state index contributed by atoms with van der Waals surface area (Å²) in [5, 5.41) is 7.74. The molecule has 0 radical (unpaired) electrons. The highest BCUT2D eigenvalue weighted by Gasteiger charge is 2.32. The van der Waals surface area contributed by atoms with Crippen LogP contribution in [0.15, 0.2) is 45.8 Å². The van der Waals surface area contributed by atoms with Gasteiger partial charge in [-0.2, -0.15) is 13.2 Å². The second-order valence-electron chi connectivity index (χ2n) is 5.77. The summed E-state index contributed by atoms with van der Waals surface area (Å²) in [4.78, 5) is 4.11. The van der Waals surface area contributed by atoms with Gasteiger partial charge in [-0.3, -0.25) is 4.99 Å². The summed E-state index contributed by atoms with van der Waals surface area (Å²) in [7, 11) is 0. The average molecular weight is 343 g/mol. The van der Waals surface area contributed by atoms with Crippen LogP contribution in [0.3, 0.4) is 0 Å². The molecule has 0 bridgehead atoms. The Hall–Kier alpha value is -2.96. The summed E-state index contributed by atoms with van der Waals surface area (Å²) < 4.78 is 45.1. The van der Waals surface area contributed by atoms with E-state index in [1.54, 1.807) is 37.4 Å². The third-order valence-corrected chi connectivity index (χ3v) is 4.02. The first-order chi connectivity index (χ1) is 11.9. The van der Waals surface area contributed by atoms with Crippen molar-refractivity contribution >= 4 is 6.21 Å². The maximum atomic E-state index is 13.2. The van der Waals surface area contributed by atoms with Gasteiger partial charge in [-0.1, -0.05) is 12.1 Å². The van der Waals surface area contributed by atoms with E-state index in [-0.39, 0.29) is 6.54 Å². The average Bonchev–Trinajstić information content (AvgIpc) is 3.21. The van der Waals surface area contributed by atoms with E-state index in [4.69, 9.17) is 4.42 Å². The van der Waals surface area contributed by atoms with Gasteiger partial charge in [0.1, 0.15) is 0 Å². The van der Waals surface area contributed by atoms with E-state index in [2.05, 4.69) is 15.2 Å². The third-order valence-electron chi connectivity index (χ3n) is 4.02. The molecular formula is C18H12F3N3O. The number of fused-ring (bicyclic) bond motifs is 1. The Morgan fingerprint density at radius 1 is 1.04 bits per heavy atom. The summed E-state index contributed by atoms with van der Waals surface area (Å²) >= 11 is 0. The van der Waals surface area contributed by atoms with Crippen molar-refractivity contribution in [2.45, 2.75) is 19.6 Å². The second kappa shape index (κ2) is 5.54. The number of hydrogen-bond acceptors (Lipinski definition) is 4. The van der Waals surface area contributed by atoms with Crippen LogP contribution in [0.2, 0.25) is 0 Å². The molecule has 0 saturated heterocycles. The predicted octanol–water partition coefficient (Wildman–Crippen LogP) is 4.66. The van der Waals surface area contributed by atoms with E-state index in [1.807, 2.05) is 0 Å². The van der Waals surface area contributed by atoms with Gasteiger partial charge in [0.2, 0.25) is 11.8 Å². The fourth-order valence-corrected chi connectivity index (χ4v) is 2.87. The van der Waals surface area contributed by atoms with Crippen LogP contribution in [0.5, 0.6) is 0 Å². The standard InChI is InChI=1S/C18H12F3N3O/c1-10-23-24-17(25-10)12-4-2-3-11(5-12)15-7-14(18(19,20)21)6-13-8-22-9-16(13)15/h2-7,9H,8H2,1H3. The Morgan fingerprint density at radius 2 is 1.84 bits per heavy atom. The normalized spacial score (nSPS) is 13.3. The number of aryl methyl sites for hydroxylation is 1. The van der Waals surface area contributed by atoms with E-state index < -0.39 is 11.7 Å². The molecule has 126 valence electrons. The number of aliphatic imine (C=N–C) groups is 1. The third kappa shape index (κ3) is 2.82. The molecule has 1 aromatic heterocycles. The monoisotopic (exact) mass is 343 g/mol. The Labute approximate surface area is 141 Å². The zero-order valence-corrected chi connectivity index (χ0v) is 13.1. The highest BCUT2D eigenvalue weighted by atomic mass is 19.4. The van der Waals surface area contributed by atoms with E-state index in [0.29, 0.717) is 39.6 Å². The fourth-order valence-electron chi connectivity index (χ4n) is 2.87. The zero-order valence-electron chi connectivity index (χ0n) is 13.1. The van der Waals surface area contributed by atoms with Crippen molar-refractivity contribution in [3.05, 3.63) is 59.0 Å². The molecule has 0 fully saturated rings. The van der Waals surface area contributed by atoms with E-state index in [9.17, 15) is 13.2 Å². The highest BCUT2D eigenvalue weighted by molar-refractivity contribution is 5.94. The smallest absolute Gasteiger partial charge is 0.416 e. The first kappa shape index (κ1) is 15.6. The van der Waals surface area contributed by atoms with Gasteiger partial charge >= 0.3 is 6.18 Å². The largest absolute Gasteiger partial charge is 0.421 e. The first-order valence-electron chi connectivity index (χ1n) is 7.57. The summed E-state index contributed by atoms with van der Waals surface area (Å²) in [5.74, 6) is 0.754. The number of alkyl halides is 3. The number of nitrogens with zero attached hydrogens (tertiary/aromatic N) is 3. The van der Waals surface area contributed by atoms with Gasteiger partial charge in [-0.15, -0.1) is 10.2 Å². The van der Waals surface area contributed by atoms with Crippen molar-refractivity contribution < 1.29 is 17.6 Å². The lowest BCUT2D eigenvalue weighted by Gasteiger charge is -2.13. The number of aromatic nitrogens is 2. The van der Waals surface area contributed by atoms with Crippen LogP contribution in [0, 0.1) is 6.92 Å². The molecule has 4 nitrogen and oxygen atoms in total. The van der Waals surface area contributed by atoms with Crippen molar-refractivity contribution in [3.63, 3.8) is 0 Å². The van der Waals surface area contributed by atoms with Crippen molar-refractivity contribution in [2.24, 2.45) is 4.99 Å². The lowest BCUT2D eigenvalue weighted by atomic mass is 9.93. The van der Waals surface area contributed by atoms with Crippen molar-refractivity contribution in [2.75, 3.05) is 0 Å². The molecular weight excluding hydrogens is 331 g/mol. The van der Waals surface area contributed by atoms with Crippen LogP contribution >= 0.6 is 0 Å². The molecule has 2 heterocycles. The van der Waals surface area contributed by atoms with E-state index in [0.717, 1.165) is 12.1 Å². The summed E-state index contributed by atoms with van der Waals surface area (Å²) in [5.41, 5.74) is 2.40. The predicted molar refractivity (Wildman–Crippen MR) is 86.2 cm³/mol. The van der Waals surface area contributed by atoms with Crippen LogP contribution in [-0.4, -0.2) is 16.4 Å². The molecule has 4 rings (SSSR count). The number of benzene rings is 2. The minimum absolute atomic E-state index is 0.259. The maximum absolute atomic E-state index is 13.2. The minimum atomic E-state index is -4.41. The van der Waals surface area contributed by atoms with Gasteiger partial charge in [0.05, 0.1) is 12.1 Å². The molecule has 0 amide bonds. The van der Waals surface area contributed by atoms with Crippen molar-refractivity contribution in [1.82, 2.24) is 10.2 Å². The van der Waals surface area contributed by atoms with Crippen LogP contribution in [0.25, 0.3) is 22.6 Å². The van der Waals surface area contributed by atoms with Gasteiger partial charge in [-0.25, -0.2) is 0 Å². The van der Waals surface area contributed by atoms with Crippen LogP contribution in [-0.2, 0) is 12.7 Å². The molecule has 0 unspecified atom stereocenters. The molecule has 0 saturated carbocycles. The Kier molecular flexibility index (Phi) is 3.45. The van der Waals surface area contributed by atoms with Crippen molar-refractivity contribution in [1.29, 1.82) is 0 Å². The van der Waals surface area contributed by atoms with E-state index in [1.165, 1.54) is 0 Å². The highest BCUT2D eigenvalue weighted by Crippen LogP contribution is 2.37. The molecule has 2 aromatic carbocycles. The lowest BCUT2D eigenvalue weighted by Crippen LogP contribution is -2.07. The fraction of sp³-hybridized carbons (Fsp3) is 0.167. The molecule has 0 N–H and O–H groups in total. The Bertz CT molecular complexity index is 989. The molecule has 0 spiro atoms. The van der Waals surface area contributed by atoms with Gasteiger partial charge in [-0.05, 0) is 41.0 Å². The number of hydrogen-bond donors (Lipinski definition) is 0. The zero-order chi connectivity index (χ0) is 17.6.